The van der Waals surface area contributed by atoms with Gasteiger partial charge < -0.3 is 4.74 Å². The Kier molecular flexibility index (Phi) is 1.39. The number of ether oxygens (including phenoxy) is 1. The second-order valence-electron chi connectivity index (χ2n) is 2.49. The van der Waals surface area contributed by atoms with Gasteiger partial charge in [0.15, 0.2) is 0 Å². The van der Waals surface area contributed by atoms with Crippen LogP contribution in [0.25, 0.3) is 0 Å². The quantitative estimate of drug-likeness (QED) is 0.567. The molecule has 0 saturated carbocycles. The summed E-state index contributed by atoms with van der Waals surface area (Å²) < 4.78 is 30.0. The predicted octanol–water partition coefficient (Wildman–Crippen LogP) is 2.04. The van der Waals surface area contributed by atoms with Crippen molar-refractivity contribution in [2.24, 2.45) is 0 Å². The summed E-state index contributed by atoms with van der Waals surface area (Å²) >= 11 is 0. The summed E-state index contributed by atoms with van der Waals surface area (Å²) in [6.45, 7) is 0.544. The van der Waals surface area contributed by atoms with Crippen molar-refractivity contribution in [3.63, 3.8) is 0 Å². The molecule has 3 heteroatoms. The van der Waals surface area contributed by atoms with Crippen LogP contribution in [0.4, 0.5) is 8.78 Å². The number of halogens is 2. The SMILES string of the molecule is Fc1ccc([C@H]2CO2)c(F)c1. The third kappa shape index (κ3) is 1.24. The standard InChI is InChI=1S/C8H6F2O/c9-5-1-2-6(7(10)3-5)8-4-11-8/h1-3,8H,4H2/t8-/m1/s1. The molecule has 1 aromatic rings. The lowest BCUT2D eigenvalue weighted by Crippen LogP contribution is -1.88. The second kappa shape index (κ2) is 2.27. The maximum Gasteiger partial charge on any atom is 0.132 e. The molecule has 1 saturated heterocycles. The maximum absolute atomic E-state index is 12.8. The van der Waals surface area contributed by atoms with Crippen molar-refractivity contribution >= 4 is 0 Å². The molecule has 0 amide bonds. The molecule has 0 radical (unpaired) electrons. The molecule has 0 unspecified atom stereocenters. The first-order valence-electron chi connectivity index (χ1n) is 3.34. The van der Waals surface area contributed by atoms with Gasteiger partial charge >= 0.3 is 0 Å². The lowest BCUT2D eigenvalue weighted by molar-refractivity contribution is 0.407. The first-order valence-corrected chi connectivity index (χ1v) is 3.34. The maximum atomic E-state index is 12.8. The number of epoxide rings is 1. The molecular weight excluding hydrogens is 150 g/mol. The van der Waals surface area contributed by atoms with E-state index >= 15 is 0 Å². The Morgan fingerprint density at radius 3 is 2.64 bits per heavy atom. The van der Waals surface area contributed by atoms with E-state index < -0.39 is 11.6 Å². The molecule has 1 nitrogen and oxygen atoms in total. The summed E-state index contributed by atoms with van der Waals surface area (Å²) in [6.07, 6.45) is -0.143. The Balaban J connectivity index is 2.39. The van der Waals surface area contributed by atoms with Crippen LogP contribution in [0.3, 0.4) is 0 Å². The highest BCUT2D eigenvalue weighted by atomic mass is 19.1. The van der Waals surface area contributed by atoms with E-state index in [9.17, 15) is 8.78 Å². The minimum Gasteiger partial charge on any atom is -0.368 e. The smallest absolute Gasteiger partial charge is 0.132 e. The van der Waals surface area contributed by atoms with Gasteiger partial charge in [0.2, 0.25) is 0 Å². The third-order valence-electron chi connectivity index (χ3n) is 1.64. The molecule has 0 N–H and O–H groups in total. The van der Waals surface area contributed by atoms with Crippen LogP contribution >= 0.6 is 0 Å². The predicted molar refractivity (Wildman–Crippen MR) is 35.1 cm³/mol. The molecule has 2 rings (SSSR count). The fourth-order valence-corrected chi connectivity index (χ4v) is 0.990. The second-order valence-corrected chi connectivity index (χ2v) is 2.49. The van der Waals surface area contributed by atoms with Gasteiger partial charge in [0.25, 0.3) is 0 Å². The summed E-state index contributed by atoms with van der Waals surface area (Å²) in [6, 6.07) is 3.53. The van der Waals surface area contributed by atoms with Gasteiger partial charge in [-0.2, -0.15) is 0 Å². The van der Waals surface area contributed by atoms with Crippen LogP contribution < -0.4 is 0 Å². The molecule has 0 aromatic heterocycles. The summed E-state index contributed by atoms with van der Waals surface area (Å²) in [5.41, 5.74) is 0.450. The molecule has 0 spiro atoms. The van der Waals surface area contributed by atoms with Crippen molar-refractivity contribution in [1.82, 2.24) is 0 Å². The molecule has 1 atom stereocenters. The highest BCUT2D eigenvalue weighted by Crippen LogP contribution is 2.31. The first kappa shape index (κ1) is 6.73. The average molecular weight is 156 g/mol. The Morgan fingerprint density at radius 1 is 1.36 bits per heavy atom. The van der Waals surface area contributed by atoms with Crippen LogP contribution in [0, 0.1) is 11.6 Å². The number of hydrogen-bond donors (Lipinski definition) is 0. The fraction of sp³-hybridized carbons (Fsp3) is 0.250. The van der Waals surface area contributed by atoms with E-state index in [1.54, 1.807) is 0 Å². The van der Waals surface area contributed by atoms with Gasteiger partial charge in [-0.25, -0.2) is 8.78 Å². The monoisotopic (exact) mass is 156 g/mol. The van der Waals surface area contributed by atoms with Gasteiger partial charge in [0, 0.05) is 11.6 Å². The number of benzene rings is 1. The van der Waals surface area contributed by atoms with Gasteiger partial charge in [0.1, 0.15) is 17.7 Å². The van der Waals surface area contributed by atoms with Crippen molar-refractivity contribution in [2.45, 2.75) is 6.10 Å². The molecular formula is C8H6F2O. The summed E-state index contributed by atoms with van der Waals surface area (Å²) in [5, 5.41) is 0. The minimum absolute atomic E-state index is 0.143. The molecule has 1 heterocycles. The van der Waals surface area contributed by atoms with E-state index in [1.807, 2.05) is 0 Å². The molecule has 1 fully saturated rings. The van der Waals surface area contributed by atoms with E-state index in [-0.39, 0.29) is 6.10 Å². The molecule has 58 valence electrons. The lowest BCUT2D eigenvalue weighted by Gasteiger charge is -1.96. The molecule has 1 aromatic carbocycles. The van der Waals surface area contributed by atoms with Crippen LogP contribution in [-0.4, -0.2) is 6.61 Å². The van der Waals surface area contributed by atoms with Crippen LogP contribution in [0.5, 0.6) is 0 Å². The zero-order valence-electron chi connectivity index (χ0n) is 5.68. The van der Waals surface area contributed by atoms with Gasteiger partial charge in [0.05, 0.1) is 6.61 Å². The van der Waals surface area contributed by atoms with Gasteiger partial charge in [-0.3, -0.25) is 0 Å². The van der Waals surface area contributed by atoms with Crippen LogP contribution in [-0.2, 0) is 4.74 Å². The average Bonchev–Trinajstić information content (AvgIpc) is 2.70. The Labute approximate surface area is 62.6 Å². The zero-order chi connectivity index (χ0) is 7.84. The van der Waals surface area contributed by atoms with Gasteiger partial charge in [-0.05, 0) is 6.07 Å². The first-order chi connectivity index (χ1) is 5.27. The van der Waals surface area contributed by atoms with Crippen molar-refractivity contribution < 1.29 is 13.5 Å². The fourth-order valence-electron chi connectivity index (χ4n) is 0.990. The molecule has 1 aliphatic rings. The van der Waals surface area contributed by atoms with Crippen molar-refractivity contribution in [3.8, 4) is 0 Å². The largest absolute Gasteiger partial charge is 0.368 e. The summed E-state index contributed by atoms with van der Waals surface area (Å²) in [7, 11) is 0. The summed E-state index contributed by atoms with van der Waals surface area (Å²) in [4.78, 5) is 0. The van der Waals surface area contributed by atoms with Crippen LogP contribution in [0.1, 0.15) is 11.7 Å². The summed E-state index contributed by atoms with van der Waals surface area (Å²) in [5.74, 6) is -1.07. The normalized spacial score (nSPS) is 21.8. The highest BCUT2D eigenvalue weighted by molar-refractivity contribution is 5.23. The Morgan fingerprint density at radius 2 is 2.09 bits per heavy atom. The Hall–Kier alpha value is -0.960. The van der Waals surface area contributed by atoms with Crippen LogP contribution in [0.15, 0.2) is 18.2 Å². The Bertz CT molecular complexity index is 281. The minimum atomic E-state index is -0.549. The molecule has 0 aliphatic carbocycles. The number of rotatable bonds is 1. The molecule has 1 aliphatic heterocycles. The van der Waals surface area contributed by atoms with E-state index in [0.717, 1.165) is 6.07 Å². The third-order valence-corrected chi connectivity index (χ3v) is 1.64. The number of hydrogen-bond acceptors (Lipinski definition) is 1. The van der Waals surface area contributed by atoms with E-state index in [4.69, 9.17) is 4.74 Å². The van der Waals surface area contributed by atoms with E-state index in [1.165, 1.54) is 12.1 Å². The lowest BCUT2D eigenvalue weighted by atomic mass is 10.1. The van der Waals surface area contributed by atoms with Crippen molar-refractivity contribution in [3.05, 3.63) is 35.4 Å². The van der Waals surface area contributed by atoms with Crippen LogP contribution in [0.2, 0.25) is 0 Å². The van der Waals surface area contributed by atoms with Crippen molar-refractivity contribution in [2.75, 3.05) is 6.61 Å². The van der Waals surface area contributed by atoms with E-state index in [2.05, 4.69) is 0 Å². The highest BCUT2D eigenvalue weighted by Gasteiger charge is 2.27. The molecule has 11 heavy (non-hydrogen) atoms. The molecule has 0 bridgehead atoms. The zero-order valence-corrected chi connectivity index (χ0v) is 5.68. The van der Waals surface area contributed by atoms with Gasteiger partial charge in [-0.1, -0.05) is 6.07 Å². The van der Waals surface area contributed by atoms with E-state index in [0.29, 0.717) is 12.2 Å². The topological polar surface area (TPSA) is 12.5 Å². The van der Waals surface area contributed by atoms with Gasteiger partial charge in [-0.15, -0.1) is 0 Å². The van der Waals surface area contributed by atoms with Crippen molar-refractivity contribution in [1.29, 1.82) is 0 Å².